The molecule has 0 saturated heterocycles. The van der Waals surface area contributed by atoms with Crippen LogP contribution < -0.4 is 15.3 Å². The lowest BCUT2D eigenvalue weighted by molar-refractivity contribution is -0.368. The van der Waals surface area contributed by atoms with E-state index in [9.17, 15) is 4.79 Å². The van der Waals surface area contributed by atoms with Gasteiger partial charge in [-0.15, -0.1) is 9.78 Å². The van der Waals surface area contributed by atoms with E-state index in [0.29, 0.717) is 52.2 Å². The number of nitrogens with one attached hydrogen (secondary N) is 1. The van der Waals surface area contributed by atoms with Crippen molar-refractivity contribution in [1.29, 1.82) is 0 Å². The maximum Gasteiger partial charge on any atom is 0.323 e. The number of aromatic amines is 1. The summed E-state index contributed by atoms with van der Waals surface area (Å²) in [4.78, 5) is 31.3. The minimum Gasteiger partial charge on any atom is -0.497 e. The van der Waals surface area contributed by atoms with E-state index in [2.05, 4.69) is 15.1 Å². The molecule has 0 bridgehead atoms. The Morgan fingerprint density at radius 3 is 2.49 bits per heavy atom. The second kappa shape index (κ2) is 9.27. The first kappa shape index (κ1) is 22.5. The van der Waals surface area contributed by atoms with Crippen molar-refractivity contribution >= 4 is 39.4 Å². The summed E-state index contributed by atoms with van der Waals surface area (Å²) in [6.45, 7) is 2.39. The lowest BCUT2D eigenvalue weighted by Crippen LogP contribution is -2.31. The molecule has 37 heavy (non-hydrogen) atoms. The molecule has 0 atom stereocenters. The molecule has 4 heterocycles. The van der Waals surface area contributed by atoms with E-state index >= 15 is 0 Å². The van der Waals surface area contributed by atoms with Crippen LogP contribution in [-0.4, -0.2) is 37.5 Å². The molecule has 6 aromatic rings. The number of hydrogen-bond donors (Lipinski definition) is 0. The zero-order valence-electron chi connectivity index (χ0n) is 20.4. The van der Waals surface area contributed by atoms with Crippen molar-refractivity contribution in [2.45, 2.75) is 19.9 Å². The second-order valence-electron chi connectivity index (χ2n) is 8.68. The Kier molecular flexibility index (Phi) is 5.65. The summed E-state index contributed by atoms with van der Waals surface area (Å²) in [6, 6.07) is 21.1. The van der Waals surface area contributed by atoms with Crippen LogP contribution in [0.3, 0.4) is 0 Å². The van der Waals surface area contributed by atoms with Crippen LogP contribution in [0, 0.1) is 6.92 Å². The minimum absolute atomic E-state index is 0.138. The maximum atomic E-state index is 13.9. The Morgan fingerprint density at radius 2 is 1.76 bits per heavy atom. The number of rotatable bonds is 6. The first-order valence-corrected chi connectivity index (χ1v) is 11.9. The third-order valence-corrected chi connectivity index (χ3v) is 6.38. The second-order valence-corrected chi connectivity index (χ2v) is 8.68. The van der Waals surface area contributed by atoms with Crippen LogP contribution in [0.5, 0.6) is 5.75 Å². The van der Waals surface area contributed by atoms with Gasteiger partial charge in [-0.3, -0.25) is 4.98 Å². The highest BCUT2D eigenvalue weighted by Crippen LogP contribution is 2.24. The summed E-state index contributed by atoms with van der Waals surface area (Å²) in [6.07, 6.45) is 4.04. The third kappa shape index (κ3) is 4.10. The van der Waals surface area contributed by atoms with E-state index in [-0.39, 0.29) is 5.56 Å². The van der Waals surface area contributed by atoms with Gasteiger partial charge in [-0.05, 0) is 42.0 Å². The topological polar surface area (TPSA) is 101 Å². The minimum atomic E-state index is -0.138. The molecule has 4 aromatic heterocycles. The van der Waals surface area contributed by atoms with E-state index in [1.165, 1.54) is 0 Å². The van der Waals surface area contributed by atoms with Crippen LogP contribution in [0.1, 0.15) is 17.1 Å². The first-order valence-electron chi connectivity index (χ1n) is 11.9. The van der Waals surface area contributed by atoms with E-state index in [0.717, 1.165) is 16.8 Å². The monoisotopic (exact) mass is 490 g/mol. The quantitative estimate of drug-likeness (QED) is 0.332. The molecule has 0 fully saturated rings. The van der Waals surface area contributed by atoms with Crippen molar-refractivity contribution in [3.8, 4) is 5.75 Å². The third-order valence-electron chi connectivity index (χ3n) is 6.38. The smallest absolute Gasteiger partial charge is 0.323 e. The van der Waals surface area contributed by atoms with E-state index in [4.69, 9.17) is 14.7 Å². The lowest BCUT2D eigenvalue weighted by atomic mass is 10.1. The van der Waals surface area contributed by atoms with Crippen LogP contribution in [-0.2, 0) is 13.0 Å². The van der Waals surface area contributed by atoms with Crippen molar-refractivity contribution < 1.29 is 9.72 Å². The summed E-state index contributed by atoms with van der Waals surface area (Å²) in [7, 11) is 1.64. The van der Waals surface area contributed by atoms with Gasteiger partial charge in [0.2, 0.25) is 11.5 Å². The fourth-order valence-corrected chi connectivity index (χ4v) is 4.46. The number of hydrogen-bond acceptors (Lipinski definition) is 6. The molecule has 6 rings (SSSR count). The van der Waals surface area contributed by atoms with Crippen LogP contribution >= 0.6 is 0 Å². The first-order chi connectivity index (χ1) is 18.1. The molecule has 182 valence electrons. The summed E-state index contributed by atoms with van der Waals surface area (Å²) in [5.74, 6) is 1.52. The van der Waals surface area contributed by atoms with E-state index < -0.39 is 0 Å². The molecule has 0 saturated carbocycles. The molecule has 0 amide bonds. The fourth-order valence-electron chi connectivity index (χ4n) is 4.46. The Balaban J connectivity index is 1.52. The van der Waals surface area contributed by atoms with Gasteiger partial charge >= 0.3 is 5.56 Å². The average Bonchev–Trinajstić information content (AvgIpc) is 3.23. The highest BCUT2D eigenvalue weighted by atomic mass is 16.5. The Hall–Kier alpha value is -4.92. The lowest BCUT2D eigenvalue weighted by Gasteiger charge is -2.06. The van der Waals surface area contributed by atoms with E-state index in [1.54, 1.807) is 28.8 Å². The molecule has 9 nitrogen and oxygen atoms in total. The van der Waals surface area contributed by atoms with Gasteiger partial charge in [0.1, 0.15) is 11.3 Å². The number of aromatic nitrogens is 6. The molecular formula is C28H24N7O2+. The summed E-state index contributed by atoms with van der Waals surface area (Å²) in [5, 5.41) is 5.11. The van der Waals surface area contributed by atoms with Gasteiger partial charge in [0.15, 0.2) is 5.39 Å². The highest BCUT2D eigenvalue weighted by Gasteiger charge is 2.26. The number of aryl methyl sites for hydroxylation is 2. The molecule has 1 N–H and O–H groups in total. The van der Waals surface area contributed by atoms with Crippen molar-refractivity contribution in [1.82, 2.24) is 24.2 Å². The van der Waals surface area contributed by atoms with Gasteiger partial charge in [0, 0.05) is 19.5 Å². The Labute approximate surface area is 211 Å². The van der Waals surface area contributed by atoms with Gasteiger partial charge in [-0.2, -0.15) is 0 Å². The standard InChI is InChI=1S/C28H23N7O2/c1-18-31-26-24(28(36)34(18)16-14-19-10-12-21(37-2)13-11-19)25-27(33-23-9-4-3-8-22(23)32-25)35(26)30-17-20-7-5-6-15-29-20/h3-13,15,17H,14,16H2,1-2H3/p+1/b30-17-. The predicted molar refractivity (Wildman–Crippen MR) is 142 cm³/mol. The molecule has 9 heteroatoms. The molecular weight excluding hydrogens is 466 g/mol. The predicted octanol–water partition coefficient (Wildman–Crippen LogP) is 3.55. The van der Waals surface area contributed by atoms with Crippen LogP contribution in [0.4, 0.5) is 0 Å². The zero-order chi connectivity index (χ0) is 25.4. The fraction of sp³-hybridized carbons (Fsp3) is 0.143. The average molecular weight is 491 g/mol. The number of benzene rings is 2. The van der Waals surface area contributed by atoms with Gasteiger partial charge in [-0.1, -0.05) is 30.3 Å². The number of nitrogens with zero attached hydrogens (tertiary/aromatic N) is 6. The zero-order valence-corrected chi connectivity index (χ0v) is 20.4. The molecule has 0 aliphatic heterocycles. The van der Waals surface area contributed by atoms with Gasteiger partial charge in [0.05, 0.1) is 36.6 Å². The molecule has 0 unspecified atom stereocenters. The summed E-state index contributed by atoms with van der Waals surface area (Å²) in [5.41, 5.74) is 4.65. The number of methoxy groups -OCH3 is 1. The molecule has 2 aromatic carbocycles. The van der Waals surface area contributed by atoms with Crippen molar-refractivity contribution in [2.75, 3.05) is 7.11 Å². The van der Waals surface area contributed by atoms with Crippen LogP contribution in [0.2, 0.25) is 0 Å². The van der Waals surface area contributed by atoms with Crippen LogP contribution in [0.25, 0.3) is 33.2 Å². The summed E-state index contributed by atoms with van der Waals surface area (Å²) >= 11 is 0. The van der Waals surface area contributed by atoms with Gasteiger partial charge < -0.3 is 4.74 Å². The number of pyridine rings is 1. The SMILES string of the molecule is COc1ccc(CCn2c(C)[nH+]c3c(c2=O)c2nc4ccccc4nc2n3/N=C\c2ccccn2)cc1. The molecule has 0 aliphatic carbocycles. The number of para-hydroxylation sites is 2. The molecule has 0 aliphatic rings. The van der Waals surface area contributed by atoms with Gasteiger partial charge in [0.25, 0.3) is 5.65 Å². The van der Waals surface area contributed by atoms with Crippen molar-refractivity contribution in [2.24, 2.45) is 5.10 Å². The number of H-pyrrole nitrogens is 1. The van der Waals surface area contributed by atoms with Gasteiger partial charge in [-0.25, -0.2) is 24.3 Å². The van der Waals surface area contributed by atoms with Crippen LogP contribution in [0.15, 0.2) is 82.8 Å². The van der Waals surface area contributed by atoms with Crippen molar-refractivity contribution in [3.05, 3.63) is 100 Å². The molecule has 0 spiro atoms. The normalized spacial score (nSPS) is 11.7. The number of ether oxygens (including phenoxy) is 1. The largest absolute Gasteiger partial charge is 0.497 e. The Morgan fingerprint density at radius 1 is 1.00 bits per heavy atom. The number of fused-ring (bicyclic) bond motifs is 4. The van der Waals surface area contributed by atoms with Crippen molar-refractivity contribution in [3.63, 3.8) is 0 Å². The Bertz CT molecular complexity index is 1840. The maximum absolute atomic E-state index is 13.9. The van der Waals surface area contributed by atoms with E-state index in [1.807, 2.05) is 73.7 Å². The highest BCUT2D eigenvalue weighted by molar-refractivity contribution is 6.03. The molecule has 0 radical (unpaired) electrons. The summed E-state index contributed by atoms with van der Waals surface area (Å²) < 4.78 is 8.64.